The van der Waals surface area contributed by atoms with Crippen LogP contribution in [0.2, 0.25) is 0 Å². The van der Waals surface area contributed by atoms with Crippen molar-refractivity contribution in [2.75, 3.05) is 12.1 Å². The van der Waals surface area contributed by atoms with E-state index in [2.05, 4.69) is 27.5 Å². The first kappa shape index (κ1) is 25.9. The third kappa shape index (κ3) is 6.74. The Balaban J connectivity index is 1.55. The number of alkyl halides is 2. The lowest BCUT2D eigenvalue weighted by molar-refractivity contribution is 0.0951. The molecule has 0 saturated carbocycles. The predicted molar refractivity (Wildman–Crippen MR) is 135 cm³/mol. The summed E-state index contributed by atoms with van der Waals surface area (Å²) in [5, 5.41) is 15.9. The number of anilines is 1. The third-order valence-corrected chi connectivity index (χ3v) is 5.57. The molecule has 0 unspecified atom stereocenters. The average molecular weight is 508 g/mol. The predicted octanol–water partition coefficient (Wildman–Crippen LogP) is 4.72. The summed E-state index contributed by atoms with van der Waals surface area (Å²) in [6, 6.07) is 11.8. The van der Waals surface area contributed by atoms with Gasteiger partial charge in [0.1, 0.15) is 11.4 Å². The van der Waals surface area contributed by atoms with E-state index < -0.39 is 17.9 Å². The lowest BCUT2D eigenvalue weighted by Crippen LogP contribution is -2.24. The summed E-state index contributed by atoms with van der Waals surface area (Å²) in [7, 11) is 0. The largest absolute Gasteiger partial charge is 0.454 e. The zero-order chi connectivity index (χ0) is 26.6. The number of rotatable bonds is 7. The Morgan fingerprint density at radius 1 is 1.11 bits per heavy atom. The van der Waals surface area contributed by atoms with Crippen molar-refractivity contribution in [1.82, 2.24) is 10.3 Å². The van der Waals surface area contributed by atoms with Gasteiger partial charge >= 0.3 is 0 Å². The Kier molecular flexibility index (Phi) is 7.60. The van der Waals surface area contributed by atoms with Crippen molar-refractivity contribution in [3.05, 3.63) is 82.0 Å². The van der Waals surface area contributed by atoms with Crippen LogP contribution >= 0.6 is 0 Å². The molecule has 1 aliphatic heterocycles. The van der Waals surface area contributed by atoms with Crippen LogP contribution in [0, 0.1) is 18.8 Å². The minimum absolute atomic E-state index is 0.0556. The Morgan fingerprint density at radius 3 is 2.59 bits per heavy atom. The Bertz CT molecular complexity index is 1370. The number of hydrogen-bond donors (Lipinski definition) is 3. The summed E-state index contributed by atoms with van der Waals surface area (Å²) >= 11 is 0. The Morgan fingerprint density at radius 2 is 1.84 bits per heavy atom. The molecule has 3 aromatic rings. The highest BCUT2D eigenvalue weighted by Crippen LogP contribution is 2.32. The van der Waals surface area contributed by atoms with Gasteiger partial charge in [0, 0.05) is 30.4 Å². The Hall–Kier alpha value is -4.16. The molecule has 4 rings (SSSR count). The van der Waals surface area contributed by atoms with Crippen LogP contribution in [0.5, 0.6) is 11.5 Å². The van der Waals surface area contributed by atoms with Crippen LogP contribution in [0.3, 0.4) is 0 Å². The van der Waals surface area contributed by atoms with Crippen molar-refractivity contribution in [1.29, 1.82) is 0 Å². The fourth-order valence-electron chi connectivity index (χ4n) is 3.62. The molecule has 1 aromatic heterocycles. The monoisotopic (exact) mass is 507 g/mol. The number of amides is 1. The van der Waals surface area contributed by atoms with E-state index in [9.17, 15) is 18.7 Å². The van der Waals surface area contributed by atoms with E-state index in [-0.39, 0.29) is 24.5 Å². The number of nitrogens with one attached hydrogen (secondary N) is 2. The number of carbonyl (C=O) groups is 1. The summed E-state index contributed by atoms with van der Waals surface area (Å²) in [6.07, 6.45) is -1.09. The molecular formula is C28H27F2N3O4. The number of hydrogen-bond acceptors (Lipinski definition) is 6. The molecule has 7 nitrogen and oxygen atoms in total. The van der Waals surface area contributed by atoms with Gasteiger partial charge < -0.3 is 25.2 Å². The summed E-state index contributed by atoms with van der Waals surface area (Å²) in [5.41, 5.74) is 1.32. The maximum absolute atomic E-state index is 13.3. The van der Waals surface area contributed by atoms with Gasteiger partial charge in [-0.2, -0.15) is 0 Å². The molecule has 37 heavy (non-hydrogen) atoms. The van der Waals surface area contributed by atoms with Crippen LogP contribution in [-0.2, 0) is 13.1 Å². The number of carbonyl (C=O) groups excluding carboxylic acids is 1. The number of pyridine rings is 1. The molecular weight excluding hydrogens is 480 g/mol. The molecule has 0 saturated heterocycles. The van der Waals surface area contributed by atoms with Gasteiger partial charge in [-0.1, -0.05) is 30.0 Å². The van der Waals surface area contributed by atoms with Gasteiger partial charge in [0.2, 0.25) is 6.79 Å². The van der Waals surface area contributed by atoms with Crippen molar-refractivity contribution < 1.29 is 28.2 Å². The van der Waals surface area contributed by atoms with Gasteiger partial charge in [0.15, 0.2) is 11.5 Å². The summed E-state index contributed by atoms with van der Waals surface area (Å²) in [6.45, 7) is 5.31. The van der Waals surface area contributed by atoms with E-state index in [0.717, 1.165) is 5.56 Å². The molecule has 3 N–H and O–H groups in total. The summed E-state index contributed by atoms with van der Waals surface area (Å²) in [5.74, 6) is 6.71. The van der Waals surface area contributed by atoms with E-state index in [4.69, 9.17) is 9.47 Å². The van der Waals surface area contributed by atoms with Gasteiger partial charge in [-0.3, -0.25) is 4.79 Å². The zero-order valence-electron chi connectivity index (χ0n) is 20.7. The summed E-state index contributed by atoms with van der Waals surface area (Å²) < 4.78 is 37.3. The van der Waals surface area contributed by atoms with Crippen LogP contribution < -0.4 is 20.1 Å². The number of fused-ring (bicyclic) bond motifs is 1. The highest BCUT2D eigenvalue weighted by Gasteiger charge is 2.17. The average Bonchev–Trinajstić information content (AvgIpc) is 3.33. The second-order valence-electron chi connectivity index (χ2n) is 9.14. The Labute approximate surface area is 213 Å². The lowest BCUT2D eigenvalue weighted by atomic mass is 10.1. The fourth-order valence-corrected chi connectivity index (χ4v) is 3.62. The van der Waals surface area contributed by atoms with Crippen molar-refractivity contribution in [3.8, 4) is 23.3 Å². The standard InChI is InChI=1S/C28H27F2N3O4/c1-17-4-5-18(10-21(17)25(29)30)15-33-27(34)22-11-20(8-9-28(2,3)35)14-32-26(22)31-13-19-6-7-23-24(12-19)37-16-36-23/h4-7,10-12,14,25,35H,13,15-16H2,1-3H3,(H,31,32)(H,33,34). The molecule has 0 radical (unpaired) electrons. The summed E-state index contributed by atoms with van der Waals surface area (Å²) in [4.78, 5) is 17.5. The molecule has 0 bridgehead atoms. The number of ether oxygens (including phenoxy) is 2. The highest BCUT2D eigenvalue weighted by molar-refractivity contribution is 5.99. The SMILES string of the molecule is Cc1ccc(CNC(=O)c2cc(C#CC(C)(C)O)cnc2NCc2ccc3c(c2)OCO3)cc1C(F)F. The van der Waals surface area contributed by atoms with Gasteiger partial charge in [-0.25, -0.2) is 13.8 Å². The first-order valence-corrected chi connectivity index (χ1v) is 11.6. The molecule has 0 aliphatic carbocycles. The zero-order valence-corrected chi connectivity index (χ0v) is 20.7. The molecule has 192 valence electrons. The van der Waals surface area contributed by atoms with Gasteiger partial charge in [0.25, 0.3) is 12.3 Å². The number of nitrogens with zero attached hydrogens (tertiary/aromatic N) is 1. The van der Waals surface area contributed by atoms with Crippen molar-refractivity contribution in [3.63, 3.8) is 0 Å². The van der Waals surface area contributed by atoms with E-state index in [1.165, 1.54) is 12.3 Å². The number of halogens is 2. The second kappa shape index (κ2) is 10.8. The van der Waals surface area contributed by atoms with Crippen LogP contribution in [0.4, 0.5) is 14.6 Å². The molecule has 1 aliphatic rings. The number of aryl methyl sites for hydroxylation is 1. The fraction of sp³-hybridized carbons (Fsp3) is 0.286. The second-order valence-corrected chi connectivity index (χ2v) is 9.14. The smallest absolute Gasteiger partial charge is 0.264 e. The van der Waals surface area contributed by atoms with Gasteiger partial charge in [-0.05, 0) is 61.7 Å². The molecule has 0 atom stereocenters. The topological polar surface area (TPSA) is 92.7 Å². The van der Waals surface area contributed by atoms with Crippen LogP contribution in [0.25, 0.3) is 0 Å². The molecule has 2 heterocycles. The van der Waals surface area contributed by atoms with Crippen molar-refractivity contribution >= 4 is 11.7 Å². The van der Waals surface area contributed by atoms with E-state index in [1.807, 2.05) is 18.2 Å². The van der Waals surface area contributed by atoms with Crippen molar-refractivity contribution in [2.45, 2.75) is 45.9 Å². The maximum Gasteiger partial charge on any atom is 0.264 e. The first-order valence-electron chi connectivity index (χ1n) is 11.6. The number of aromatic nitrogens is 1. The van der Waals surface area contributed by atoms with Gasteiger partial charge in [0.05, 0.1) is 5.56 Å². The van der Waals surface area contributed by atoms with Crippen LogP contribution in [0.1, 0.15) is 58.4 Å². The van der Waals surface area contributed by atoms with E-state index in [1.54, 1.807) is 39.0 Å². The highest BCUT2D eigenvalue weighted by atomic mass is 19.3. The minimum atomic E-state index is -2.60. The van der Waals surface area contributed by atoms with E-state index >= 15 is 0 Å². The van der Waals surface area contributed by atoms with Gasteiger partial charge in [-0.15, -0.1) is 0 Å². The molecule has 0 spiro atoms. The lowest BCUT2D eigenvalue weighted by Gasteiger charge is -2.13. The number of benzene rings is 2. The minimum Gasteiger partial charge on any atom is -0.454 e. The molecule has 9 heteroatoms. The third-order valence-electron chi connectivity index (χ3n) is 5.57. The maximum atomic E-state index is 13.3. The van der Waals surface area contributed by atoms with Crippen molar-refractivity contribution in [2.24, 2.45) is 0 Å². The normalized spacial score (nSPS) is 12.2. The van der Waals surface area contributed by atoms with Crippen LogP contribution in [-0.4, -0.2) is 28.4 Å². The quantitative estimate of drug-likeness (QED) is 0.401. The number of aliphatic hydroxyl groups is 1. The van der Waals surface area contributed by atoms with E-state index in [0.29, 0.717) is 40.6 Å². The first-order chi connectivity index (χ1) is 17.6. The molecule has 0 fully saturated rings. The van der Waals surface area contributed by atoms with Crippen LogP contribution in [0.15, 0.2) is 48.7 Å². The molecule has 2 aromatic carbocycles. The molecule has 1 amide bonds.